The molecular weight excluding hydrogens is 437 g/mol. The van der Waals surface area contributed by atoms with E-state index in [2.05, 4.69) is 20.5 Å². The normalized spacial score (nSPS) is 19.0. The summed E-state index contributed by atoms with van der Waals surface area (Å²) in [5.74, 6) is -0.478. The minimum absolute atomic E-state index is 0.00428. The van der Waals surface area contributed by atoms with Crippen molar-refractivity contribution in [1.29, 1.82) is 0 Å². The van der Waals surface area contributed by atoms with Crippen LogP contribution in [0.3, 0.4) is 0 Å². The molecule has 3 rings (SSSR count). The van der Waals surface area contributed by atoms with Gasteiger partial charge in [0.15, 0.2) is 5.82 Å². The number of hydrogen-bond donors (Lipinski definition) is 2. The van der Waals surface area contributed by atoms with Crippen LogP contribution >= 0.6 is 0 Å². The molecule has 184 valence electrons. The topological polar surface area (TPSA) is 86.8 Å². The van der Waals surface area contributed by atoms with E-state index in [1.807, 2.05) is 41.5 Å². The number of nitrogens with one attached hydrogen (secondary N) is 2. The second-order valence-corrected chi connectivity index (χ2v) is 9.80. The lowest BCUT2D eigenvalue weighted by atomic mass is 10.1. The van der Waals surface area contributed by atoms with E-state index in [9.17, 15) is 9.59 Å². The van der Waals surface area contributed by atoms with E-state index < -0.39 is 17.4 Å². The predicted molar refractivity (Wildman–Crippen MR) is 130 cm³/mol. The number of carbonyl (C=O) groups is 2. The first kappa shape index (κ1) is 25.4. The maximum absolute atomic E-state index is 15.3. The Morgan fingerprint density at radius 2 is 1.79 bits per heavy atom. The molecule has 1 aromatic carbocycles. The van der Waals surface area contributed by atoms with E-state index >= 15 is 4.39 Å². The molecule has 34 heavy (non-hydrogen) atoms. The monoisotopic (exact) mass is 471 g/mol. The van der Waals surface area contributed by atoms with Gasteiger partial charge in [0.25, 0.3) is 0 Å². The molecule has 2 heterocycles. The zero-order valence-corrected chi connectivity index (χ0v) is 20.7. The lowest BCUT2D eigenvalue weighted by Crippen LogP contribution is -2.58. The zero-order valence-electron chi connectivity index (χ0n) is 20.7. The van der Waals surface area contributed by atoms with Crippen molar-refractivity contribution in [1.82, 2.24) is 14.8 Å². The van der Waals surface area contributed by atoms with E-state index in [1.165, 1.54) is 6.07 Å². The molecule has 1 aromatic heterocycles. The highest BCUT2D eigenvalue weighted by Gasteiger charge is 2.34. The van der Waals surface area contributed by atoms with Crippen molar-refractivity contribution in [2.45, 2.75) is 65.8 Å². The molecule has 2 aromatic rings. The summed E-state index contributed by atoms with van der Waals surface area (Å²) in [5, 5.41) is 5.23. The summed E-state index contributed by atoms with van der Waals surface area (Å²) in [7, 11) is 0. The van der Waals surface area contributed by atoms with Gasteiger partial charge in [-0.25, -0.2) is 14.0 Å². The molecule has 1 fully saturated rings. The fourth-order valence-electron chi connectivity index (χ4n) is 3.97. The van der Waals surface area contributed by atoms with Crippen LogP contribution in [0.5, 0.6) is 0 Å². The molecular formula is C25H34FN5O3. The maximum Gasteiger partial charge on any atom is 0.410 e. The Balaban J connectivity index is 1.64. The highest BCUT2D eigenvalue weighted by Crippen LogP contribution is 2.25. The summed E-state index contributed by atoms with van der Waals surface area (Å²) in [4.78, 5) is 32.8. The van der Waals surface area contributed by atoms with Crippen LogP contribution in [0.1, 0.15) is 45.9 Å². The Morgan fingerprint density at radius 1 is 1.12 bits per heavy atom. The molecule has 9 heteroatoms. The standard InChI is InChI=1S/C25H34FN5O3/c1-16-10-11-20(12-27-16)28-23(32)29-21-9-7-8-19(22(21)26)15-31-17(2)13-30(14-18(31)3)24(33)34-25(4,5)6/h7-12,17-18H,13-15H2,1-6H3,(H2,28,29,32). The smallest absolute Gasteiger partial charge is 0.410 e. The van der Waals surface area contributed by atoms with Crippen LogP contribution in [-0.2, 0) is 11.3 Å². The van der Waals surface area contributed by atoms with Crippen LogP contribution in [0.4, 0.5) is 25.4 Å². The number of benzene rings is 1. The number of aromatic nitrogens is 1. The van der Waals surface area contributed by atoms with Crippen LogP contribution in [0.15, 0.2) is 36.5 Å². The first-order valence-corrected chi connectivity index (χ1v) is 11.4. The minimum Gasteiger partial charge on any atom is -0.444 e. The second-order valence-electron chi connectivity index (χ2n) is 9.80. The Bertz CT molecular complexity index is 1010. The third-order valence-corrected chi connectivity index (χ3v) is 5.60. The Hall–Kier alpha value is -3.20. The SMILES string of the molecule is Cc1ccc(NC(=O)Nc2cccc(CN3C(C)CN(C(=O)OC(C)(C)C)CC3C)c2F)cn1. The third-order valence-electron chi connectivity index (χ3n) is 5.60. The van der Waals surface area contributed by atoms with Crippen LogP contribution < -0.4 is 10.6 Å². The van der Waals surface area contributed by atoms with Gasteiger partial charge in [0.05, 0.1) is 17.6 Å². The molecule has 2 atom stereocenters. The highest BCUT2D eigenvalue weighted by atomic mass is 19.1. The van der Waals surface area contributed by atoms with Gasteiger partial charge in [-0.15, -0.1) is 0 Å². The maximum atomic E-state index is 15.3. The molecule has 1 aliphatic heterocycles. The highest BCUT2D eigenvalue weighted by molar-refractivity contribution is 5.99. The van der Waals surface area contributed by atoms with Gasteiger partial charge >= 0.3 is 12.1 Å². The van der Waals surface area contributed by atoms with Crippen molar-refractivity contribution < 1.29 is 18.7 Å². The summed E-state index contributed by atoms with van der Waals surface area (Å²) in [5.41, 5.74) is 1.37. The predicted octanol–water partition coefficient (Wildman–Crippen LogP) is 5.00. The molecule has 3 amide bonds. The number of urea groups is 1. The minimum atomic E-state index is -0.556. The van der Waals surface area contributed by atoms with Crippen molar-refractivity contribution in [2.75, 3.05) is 23.7 Å². The van der Waals surface area contributed by atoms with Gasteiger partial charge in [0, 0.05) is 43.0 Å². The average Bonchev–Trinajstić information content (AvgIpc) is 2.73. The quantitative estimate of drug-likeness (QED) is 0.655. The van der Waals surface area contributed by atoms with Crippen molar-refractivity contribution in [3.63, 3.8) is 0 Å². The molecule has 2 N–H and O–H groups in total. The molecule has 8 nitrogen and oxygen atoms in total. The summed E-state index contributed by atoms with van der Waals surface area (Å²) in [6.07, 6.45) is 1.21. The number of pyridine rings is 1. The molecule has 0 aliphatic carbocycles. The Morgan fingerprint density at radius 3 is 2.38 bits per heavy atom. The van der Waals surface area contributed by atoms with E-state index in [0.717, 1.165) is 5.69 Å². The van der Waals surface area contributed by atoms with E-state index in [4.69, 9.17) is 4.74 Å². The number of ether oxygens (including phenoxy) is 1. The third kappa shape index (κ3) is 6.66. The number of carbonyl (C=O) groups excluding carboxylic acids is 2. The number of nitrogens with zero attached hydrogens (tertiary/aromatic N) is 3. The number of piperazine rings is 1. The number of anilines is 2. The summed E-state index contributed by atoms with van der Waals surface area (Å²) in [6, 6.07) is 7.92. The van der Waals surface area contributed by atoms with Crippen LogP contribution in [0.25, 0.3) is 0 Å². The largest absolute Gasteiger partial charge is 0.444 e. The van der Waals surface area contributed by atoms with Crippen LogP contribution in [0.2, 0.25) is 0 Å². The summed E-state index contributed by atoms with van der Waals surface area (Å²) < 4.78 is 20.8. The first-order chi connectivity index (χ1) is 15.9. The van der Waals surface area contributed by atoms with E-state index in [-0.39, 0.29) is 23.9 Å². The molecule has 0 radical (unpaired) electrons. The van der Waals surface area contributed by atoms with Crippen LogP contribution in [-0.4, -0.2) is 57.7 Å². The van der Waals surface area contributed by atoms with E-state index in [0.29, 0.717) is 30.9 Å². The number of halogens is 1. The lowest BCUT2D eigenvalue weighted by molar-refractivity contribution is -0.00990. The number of hydrogen-bond acceptors (Lipinski definition) is 5. The van der Waals surface area contributed by atoms with Crippen molar-refractivity contribution in [2.24, 2.45) is 0 Å². The van der Waals surface area contributed by atoms with E-state index in [1.54, 1.807) is 35.4 Å². The number of rotatable bonds is 4. The average molecular weight is 472 g/mol. The molecule has 1 aliphatic rings. The molecule has 0 spiro atoms. The van der Waals surface area contributed by atoms with Crippen molar-refractivity contribution in [3.05, 3.63) is 53.6 Å². The fourth-order valence-corrected chi connectivity index (χ4v) is 3.97. The molecule has 0 saturated carbocycles. The Labute approximate surface area is 200 Å². The summed E-state index contributed by atoms with van der Waals surface area (Å²) in [6.45, 7) is 12.7. The second kappa shape index (κ2) is 10.4. The van der Waals surface area contributed by atoms with Crippen molar-refractivity contribution in [3.8, 4) is 0 Å². The fraction of sp³-hybridized carbons (Fsp3) is 0.480. The number of aryl methyl sites for hydroxylation is 1. The lowest BCUT2D eigenvalue weighted by Gasteiger charge is -2.44. The van der Waals surface area contributed by atoms with Gasteiger partial charge < -0.3 is 20.3 Å². The van der Waals surface area contributed by atoms with Gasteiger partial charge in [-0.05, 0) is 59.7 Å². The molecule has 1 saturated heterocycles. The van der Waals surface area contributed by atoms with Gasteiger partial charge in [0.1, 0.15) is 5.60 Å². The molecule has 0 bridgehead atoms. The summed E-state index contributed by atoms with van der Waals surface area (Å²) >= 11 is 0. The number of amides is 3. The first-order valence-electron chi connectivity index (χ1n) is 11.4. The van der Waals surface area contributed by atoms with Crippen LogP contribution in [0, 0.1) is 12.7 Å². The van der Waals surface area contributed by atoms with Gasteiger partial charge in [-0.1, -0.05) is 12.1 Å². The Kier molecular flexibility index (Phi) is 7.76. The van der Waals surface area contributed by atoms with Gasteiger partial charge in [-0.2, -0.15) is 0 Å². The van der Waals surface area contributed by atoms with Crippen molar-refractivity contribution >= 4 is 23.5 Å². The zero-order chi connectivity index (χ0) is 25.0. The molecule has 2 unspecified atom stereocenters. The van der Waals surface area contributed by atoms with Gasteiger partial charge in [-0.3, -0.25) is 9.88 Å². The van der Waals surface area contributed by atoms with Gasteiger partial charge in [0.2, 0.25) is 0 Å².